The summed E-state index contributed by atoms with van der Waals surface area (Å²) >= 11 is 0. The first-order chi connectivity index (χ1) is 13.0. The Labute approximate surface area is 162 Å². The Kier molecular flexibility index (Phi) is 6.71. The van der Waals surface area contributed by atoms with E-state index >= 15 is 0 Å². The molecular formula is C19H21F3N2O3S. The number of nitrogens with one attached hydrogen (secondary N) is 1. The van der Waals surface area contributed by atoms with Crippen LogP contribution >= 0.6 is 0 Å². The highest BCUT2D eigenvalue weighted by molar-refractivity contribution is 7.92. The highest BCUT2D eigenvalue weighted by atomic mass is 32.2. The average molecular weight is 414 g/mol. The van der Waals surface area contributed by atoms with Crippen molar-refractivity contribution in [2.24, 2.45) is 0 Å². The summed E-state index contributed by atoms with van der Waals surface area (Å²) in [5.41, 5.74) is 0.374. The molecule has 0 atom stereocenters. The fraction of sp³-hybridized carbons (Fsp3) is 0.316. The van der Waals surface area contributed by atoms with Crippen molar-refractivity contribution in [3.8, 4) is 0 Å². The molecule has 0 bridgehead atoms. The van der Waals surface area contributed by atoms with E-state index in [2.05, 4.69) is 5.32 Å². The molecule has 2 rings (SSSR count). The molecule has 0 aromatic heterocycles. The number of para-hydroxylation sites is 1. The molecule has 28 heavy (non-hydrogen) atoms. The van der Waals surface area contributed by atoms with Crippen LogP contribution in [-0.4, -0.2) is 33.7 Å². The first-order valence-corrected chi connectivity index (χ1v) is 10.3. The number of amides is 1. The number of rotatable bonds is 7. The van der Waals surface area contributed by atoms with E-state index in [0.29, 0.717) is 11.3 Å². The number of carbonyl (C=O) groups excluding carboxylic acids is 1. The monoisotopic (exact) mass is 414 g/mol. The Bertz CT molecular complexity index is 943. The van der Waals surface area contributed by atoms with Gasteiger partial charge in [-0.25, -0.2) is 8.42 Å². The number of carbonyl (C=O) groups is 1. The molecule has 0 aliphatic carbocycles. The third-order valence-electron chi connectivity index (χ3n) is 4.11. The summed E-state index contributed by atoms with van der Waals surface area (Å²) < 4.78 is 64.2. The zero-order valence-corrected chi connectivity index (χ0v) is 16.3. The Balaban J connectivity index is 2.05. The number of hydrogen-bond donors (Lipinski definition) is 1. The van der Waals surface area contributed by atoms with Crippen LogP contribution in [0.4, 0.5) is 18.9 Å². The van der Waals surface area contributed by atoms with Gasteiger partial charge in [0.1, 0.15) is 6.54 Å². The molecule has 2 aromatic rings. The molecule has 0 spiro atoms. The molecule has 0 aliphatic rings. The van der Waals surface area contributed by atoms with Gasteiger partial charge in [-0.05, 0) is 36.6 Å². The third-order valence-corrected chi connectivity index (χ3v) is 5.24. The molecule has 9 heteroatoms. The number of benzene rings is 2. The van der Waals surface area contributed by atoms with Gasteiger partial charge in [0.25, 0.3) is 0 Å². The standard InChI is InChI=1S/C19H21F3N2O3S/c1-14-7-3-6-10-17(14)24(28(2,26)27)13-18(25)23-12-11-15-8-4-5-9-16(15)19(20,21)22/h3-10H,11-13H2,1-2H3,(H,23,25). The minimum atomic E-state index is -4.47. The molecule has 0 saturated heterocycles. The second-order valence-electron chi connectivity index (χ2n) is 6.31. The van der Waals surface area contributed by atoms with Crippen molar-refractivity contribution in [2.75, 3.05) is 23.7 Å². The van der Waals surface area contributed by atoms with Gasteiger partial charge < -0.3 is 5.32 Å². The molecule has 1 N–H and O–H groups in total. The van der Waals surface area contributed by atoms with Crippen LogP contribution in [0.2, 0.25) is 0 Å². The van der Waals surface area contributed by atoms with Crippen molar-refractivity contribution in [1.82, 2.24) is 5.32 Å². The van der Waals surface area contributed by atoms with Crippen molar-refractivity contribution in [3.63, 3.8) is 0 Å². The Morgan fingerprint density at radius 1 is 1.07 bits per heavy atom. The van der Waals surface area contributed by atoms with Crippen LogP contribution in [-0.2, 0) is 27.4 Å². The van der Waals surface area contributed by atoms with Gasteiger partial charge >= 0.3 is 6.18 Å². The molecule has 0 aliphatic heterocycles. The number of aryl methyl sites for hydroxylation is 1. The van der Waals surface area contributed by atoms with Crippen LogP contribution in [0.1, 0.15) is 16.7 Å². The van der Waals surface area contributed by atoms with Crippen LogP contribution in [0.25, 0.3) is 0 Å². The zero-order chi connectivity index (χ0) is 20.9. The molecule has 5 nitrogen and oxygen atoms in total. The maximum absolute atomic E-state index is 13.0. The second kappa shape index (κ2) is 8.64. The maximum Gasteiger partial charge on any atom is 0.416 e. The lowest BCUT2D eigenvalue weighted by atomic mass is 10.0. The Hall–Kier alpha value is -2.55. The smallest absolute Gasteiger partial charge is 0.354 e. The van der Waals surface area contributed by atoms with Gasteiger partial charge in [0.15, 0.2) is 0 Å². The molecule has 1 amide bonds. The largest absolute Gasteiger partial charge is 0.416 e. The van der Waals surface area contributed by atoms with Gasteiger partial charge in [-0.2, -0.15) is 13.2 Å². The first kappa shape index (κ1) is 21.7. The number of alkyl halides is 3. The minimum Gasteiger partial charge on any atom is -0.354 e. The predicted molar refractivity (Wildman–Crippen MR) is 102 cm³/mol. The summed E-state index contributed by atoms with van der Waals surface area (Å²) in [7, 11) is -3.72. The van der Waals surface area contributed by atoms with E-state index in [1.54, 1.807) is 31.2 Å². The van der Waals surface area contributed by atoms with Crippen LogP contribution in [0.15, 0.2) is 48.5 Å². The van der Waals surface area contributed by atoms with Crippen molar-refractivity contribution in [1.29, 1.82) is 0 Å². The molecule has 0 heterocycles. The van der Waals surface area contributed by atoms with Crippen LogP contribution < -0.4 is 9.62 Å². The van der Waals surface area contributed by atoms with Crippen LogP contribution in [0, 0.1) is 6.92 Å². The van der Waals surface area contributed by atoms with Gasteiger partial charge in [-0.15, -0.1) is 0 Å². The van der Waals surface area contributed by atoms with E-state index in [1.807, 2.05) is 0 Å². The van der Waals surface area contributed by atoms with E-state index in [9.17, 15) is 26.4 Å². The van der Waals surface area contributed by atoms with Crippen molar-refractivity contribution in [3.05, 3.63) is 65.2 Å². The van der Waals surface area contributed by atoms with E-state index in [4.69, 9.17) is 0 Å². The summed E-state index contributed by atoms with van der Waals surface area (Å²) in [4.78, 5) is 12.2. The van der Waals surface area contributed by atoms with E-state index < -0.39 is 34.2 Å². The molecule has 0 radical (unpaired) electrons. The lowest BCUT2D eigenvalue weighted by Gasteiger charge is -2.23. The number of hydrogen-bond acceptors (Lipinski definition) is 3. The first-order valence-electron chi connectivity index (χ1n) is 8.45. The van der Waals surface area contributed by atoms with Crippen molar-refractivity contribution in [2.45, 2.75) is 19.5 Å². The highest BCUT2D eigenvalue weighted by Crippen LogP contribution is 2.31. The summed E-state index contributed by atoms with van der Waals surface area (Å²) in [6.45, 7) is 1.22. The fourth-order valence-corrected chi connectivity index (χ4v) is 3.68. The molecule has 0 unspecified atom stereocenters. The van der Waals surface area contributed by atoms with Crippen LogP contribution in [0.3, 0.4) is 0 Å². The van der Waals surface area contributed by atoms with E-state index in [1.165, 1.54) is 18.2 Å². The summed E-state index contributed by atoms with van der Waals surface area (Å²) in [6.07, 6.45) is -3.50. The highest BCUT2D eigenvalue weighted by Gasteiger charge is 2.32. The average Bonchev–Trinajstić information content (AvgIpc) is 2.59. The van der Waals surface area contributed by atoms with Crippen LogP contribution in [0.5, 0.6) is 0 Å². The van der Waals surface area contributed by atoms with Gasteiger partial charge in [0.05, 0.1) is 17.5 Å². The van der Waals surface area contributed by atoms with Gasteiger partial charge in [0, 0.05) is 6.54 Å². The molecule has 152 valence electrons. The molecule has 0 fully saturated rings. The molecule has 2 aromatic carbocycles. The number of nitrogens with zero attached hydrogens (tertiary/aromatic N) is 1. The van der Waals surface area contributed by atoms with Gasteiger partial charge in [0.2, 0.25) is 15.9 Å². The van der Waals surface area contributed by atoms with E-state index in [-0.39, 0.29) is 18.5 Å². The molecule has 0 saturated carbocycles. The lowest BCUT2D eigenvalue weighted by Crippen LogP contribution is -2.41. The normalized spacial score (nSPS) is 11.9. The van der Waals surface area contributed by atoms with Gasteiger partial charge in [-0.3, -0.25) is 9.10 Å². The minimum absolute atomic E-state index is 0.0232. The quantitative estimate of drug-likeness (QED) is 0.757. The SMILES string of the molecule is Cc1ccccc1N(CC(=O)NCCc1ccccc1C(F)(F)F)S(C)(=O)=O. The molecular weight excluding hydrogens is 393 g/mol. The Morgan fingerprint density at radius 2 is 1.68 bits per heavy atom. The zero-order valence-electron chi connectivity index (χ0n) is 15.5. The summed E-state index contributed by atoms with van der Waals surface area (Å²) in [6, 6.07) is 11.9. The fourth-order valence-electron chi connectivity index (χ4n) is 2.76. The van der Waals surface area contributed by atoms with Crippen molar-refractivity contribution >= 4 is 21.6 Å². The number of halogens is 3. The maximum atomic E-state index is 13.0. The predicted octanol–water partition coefficient (Wildman–Crippen LogP) is 3.14. The van der Waals surface area contributed by atoms with E-state index in [0.717, 1.165) is 16.6 Å². The summed E-state index contributed by atoms with van der Waals surface area (Å²) in [5, 5.41) is 2.49. The van der Waals surface area contributed by atoms with Crippen molar-refractivity contribution < 1.29 is 26.4 Å². The summed E-state index contributed by atoms with van der Waals surface area (Å²) in [5.74, 6) is -0.599. The Morgan fingerprint density at radius 3 is 2.29 bits per heavy atom. The van der Waals surface area contributed by atoms with Gasteiger partial charge in [-0.1, -0.05) is 36.4 Å². The second-order valence-corrected chi connectivity index (χ2v) is 8.22. The lowest BCUT2D eigenvalue weighted by molar-refractivity contribution is -0.138. The number of anilines is 1. The number of sulfonamides is 1. The topological polar surface area (TPSA) is 66.5 Å². The third kappa shape index (κ3) is 5.72.